The van der Waals surface area contributed by atoms with Crippen molar-refractivity contribution in [3.8, 4) is 5.75 Å². The fourth-order valence-electron chi connectivity index (χ4n) is 3.08. The summed E-state index contributed by atoms with van der Waals surface area (Å²) in [5.74, 6) is 0.497. The fourth-order valence-corrected chi connectivity index (χ4v) is 3.57. The predicted molar refractivity (Wildman–Crippen MR) is 98.0 cm³/mol. The summed E-state index contributed by atoms with van der Waals surface area (Å²) in [7, 11) is 1.47. The minimum Gasteiger partial charge on any atom is -0.496 e. The summed E-state index contributed by atoms with van der Waals surface area (Å²) in [5.41, 5.74) is 1.48. The molecule has 1 amide bonds. The minimum atomic E-state index is -4.56. The lowest BCUT2D eigenvalue weighted by Gasteiger charge is -2.37. The number of amides is 1. The highest BCUT2D eigenvalue weighted by molar-refractivity contribution is 9.10. The summed E-state index contributed by atoms with van der Waals surface area (Å²) in [6.07, 6.45) is -5.64. The van der Waals surface area contributed by atoms with Crippen LogP contribution in [0.2, 0.25) is 0 Å². The third-order valence-corrected chi connectivity index (χ3v) is 5.01. The predicted octanol–water partition coefficient (Wildman–Crippen LogP) is 5.48. The van der Waals surface area contributed by atoms with Crippen LogP contribution in [0.25, 0.3) is 0 Å². The van der Waals surface area contributed by atoms with E-state index in [1.165, 1.54) is 13.2 Å². The van der Waals surface area contributed by atoms with Gasteiger partial charge in [0.15, 0.2) is 0 Å². The van der Waals surface area contributed by atoms with Gasteiger partial charge in [-0.1, -0.05) is 30.3 Å². The van der Waals surface area contributed by atoms with Gasteiger partial charge in [-0.2, -0.15) is 13.2 Å². The molecule has 0 spiro atoms. The number of methoxy groups -OCH3 is 1. The zero-order valence-electron chi connectivity index (χ0n) is 14.4. The molecular formula is C19H17BrF3NO3. The number of aryl methyl sites for hydroxylation is 1. The van der Waals surface area contributed by atoms with Crippen LogP contribution in [0, 0.1) is 0 Å². The van der Waals surface area contributed by atoms with E-state index in [0.717, 1.165) is 0 Å². The van der Waals surface area contributed by atoms with E-state index in [-0.39, 0.29) is 25.1 Å². The van der Waals surface area contributed by atoms with Gasteiger partial charge in [-0.05, 0) is 52.0 Å². The molecule has 0 bridgehead atoms. The zero-order chi connectivity index (χ0) is 19.6. The summed E-state index contributed by atoms with van der Waals surface area (Å²) in [6, 6.07) is 9.98. The van der Waals surface area contributed by atoms with Crippen molar-refractivity contribution in [2.45, 2.75) is 31.7 Å². The molecule has 0 N–H and O–H groups in total. The van der Waals surface area contributed by atoms with Gasteiger partial charge < -0.3 is 9.47 Å². The van der Waals surface area contributed by atoms with Gasteiger partial charge in [0.2, 0.25) is 0 Å². The summed E-state index contributed by atoms with van der Waals surface area (Å²) < 4.78 is 51.6. The number of fused-ring (bicyclic) bond motifs is 1. The third-order valence-electron chi connectivity index (χ3n) is 4.39. The number of nitrogens with zero attached hydrogens (tertiary/aromatic N) is 1. The average molecular weight is 444 g/mol. The van der Waals surface area contributed by atoms with Crippen molar-refractivity contribution in [1.82, 2.24) is 0 Å². The topological polar surface area (TPSA) is 38.8 Å². The molecule has 1 heterocycles. The smallest absolute Gasteiger partial charge is 0.415 e. The molecule has 8 heteroatoms. The van der Waals surface area contributed by atoms with Crippen LogP contribution in [0.4, 0.5) is 23.7 Å². The average Bonchev–Trinajstić information content (AvgIpc) is 2.64. The molecule has 3 rings (SSSR count). The van der Waals surface area contributed by atoms with Gasteiger partial charge in [0, 0.05) is 0 Å². The lowest BCUT2D eigenvalue weighted by molar-refractivity contribution is -0.150. The van der Waals surface area contributed by atoms with Crippen LogP contribution in [0.1, 0.15) is 17.5 Å². The number of halogens is 4. The van der Waals surface area contributed by atoms with E-state index in [1.807, 2.05) is 0 Å². The van der Waals surface area contributed by atoms with E-state index in [1.54, 1.807) is 36.4 Å². The van der Waals surface area contributed by atoms with Gasteiger partial charge in [0.05, 0.1) is 17.3 Å². The van der Waals surface area contributed by atoms with E-state index >= 15 is 0 Å². The molecule has 1 unspecified atom stereocenters. The lowest BCUT2D eigenvalue weighted by atomic mass is 9.95. The highest BCUT2D eigenvalue weighted by atomic mass is 79.9. The lowest BCUT2D eigenvalue weighted by Crippen LogP contribution is -2.51. The molecule has 0 radical (unpaired) electrons. The van der Waals surface area contributed by atoms with Crippen LogP contribution < -0.4 is 9.64 Å². The first-order valence-electron chi connectivity index (χ1n) is 8.24. The van der Waals surface area contributed by atoms with Crippen LogP contribution in [0.5, 0.6) is 5.75 Å². The van der Waals surface area contributed by atoms with E-state index in [2.05, 4.69) is 15.9 Å². The summed E-state index contributed by atoms with van der Waals surface area (Å²) in [4.78, 5) is 13.3. The summed E-state index contributed by atoms with van der Waals surface area (Å²) >= 11 is 3.27. The van der Waals surface area contributed by atoms with Crippen LogP contribution in [-0.2, 0) is 17.8 Å². The van der Waals surface area contributed by atoms with Crippen molar-refractivity contribution in [2.75, 3.05) is 12.0 Å². The largest absolute Gasteiger partial charge is 0.496 e. The monoisotopic (exact) mass is 443 g/mol. The Morgan fingerprint density at radius 2 is 1.96 bits per heavy atom. The maximum atomic E-state index is 13.6. The second-order valence-corrected chi connectivity index (χ2v) is 6.98. The molecule has 1 aliphatic rings. The Morgan fingerprint density at radius 3 is 2.59 bits per heavy atom. The van der Waals surface area contributed by atoms with E-state index in [9.17, 15) is 18.0 Å². The molecule has 27 heavy (non-hydrogen) atoms. The molecule has 2 aromatic carbocycles. The number of hydrogen-bond donors (Lipinski definition) is 0. The first-order chi connectivity index (χ1) is 12.8. The van der Waals surface area contributed by atoms with Crippen LogP contribution in [0.3, 0.4) is 0 Å². The molecule has 0 aliphatic carbocycles. The number of carbonyl (C=O) groups excluding carboxylic acids is 1. The Morgan fingerprint density at radius 1 is 1.26 bits per heavy atom. The van der Waals surface area contributed by atoms with E-state index < -0.39 is 18.3 Å². The molecule has 4 nitrogen and oxygen atoms in total. The number of benzene rings is 2. The number of hydrogen-bond acceptors (Lipinski definition) is 3. The number of ether oxygens (including phenoxy) is 2. The first kappa shape index (κ1) is 19.5. The molecule has 1 aliphatic heterocycles. The first-order valence-corrected chi connectivity index (χ1v) is 9.03. The van der Waals surface area contributed by atoms with Gasteiger partial charge in [-0.15, -0.1) is 0 Å². The Bertz CT molecular complexity index is 827. The highest BCUT2D eigenvalue weighted by Gasteiger charge is 2.49. The van der Waals surface area contributed by atoms with Crippen LogP contribution >= 0.6 is 15.9 Å². The Kier molecular flexibility index (Phi) is 5.64. The number of rotatable bonds is 3. The SMILES string of the molecule is COc1cc2c(cc1Br)N(C(=O)OCc1ccccc1)C(C(F)(F)F)CC2. The Labute approximate surface area is 163 Å². The maximum Gasteiger partial charge on any atom is 0.415 e. The van der Waals surface area contributed by atoms with Gasteiger partial charge >= 0.3 is 12.3 Å². The standard InChI is InChI=1S/C19H17BrF3NO3/c1-26-16-9-13-7-8-17(19(21,22)23)24(15(13)10-14(16)20)18(25)27-11-12-5-3-2-4-6-12/h2-6,9-10,17H,7-8,11H2,1H3. The van der Waals surface area contributed by atoms with Crippen molar-refractivity contribution < 1.29 is 27.4 Å². The normalized spacial score (nSPS) is 16.6. The fraction of sp³-hybridized carbons (Fsp3) is 0.316. The van der Waals surface area contributed by atoms with Crippen molar-refractivity contribution in [2.24, 2.45) is 0 Å². The molecular weight excluding hydrogens is 427 g/mol. The third kappa shape index (κ3) is 4.21. The Hall–Kier alpha value is -2.22. The van der Waals surface area contributed by atoms with Crippen molar-refractivity contribution in [3.63, 3.8) is 0 Å². The quantitative estimate of drug-likeness (QED) is 0.630. The van der Waals surface area contributed by atoms with Gasteiger partial charge in [0.1, 0.15) is 18.4 Å². The minimum absolute atomic E-state index is 0.104. The van der Waals surface area contributed by atoms with Gasteiger partial charge in [0.25, 0.3) is 0 Å². The molecule has 0 aromatic heterocycles. The number of anilines is 1. The number of alkyl halides is 3. The van der Waals surface area contributed by atoms with Gasteiger partial charge in [-0.3, -0.25) is 4.90 Å². The molecule has 2 aromatic rings. The van der Waals surface area contributed by atoms with E-state index in [0.29, 0.717) is 26.2 Å². The number of carbonyl (C=O) groups is 1. The highest BCUT2D eigenvalue weighted by Crippen LogP contribution is 2.42. The summed E-state index contributed by atoms with van der Waals surface area (Å²) in [6.45, 7) is -0.104. The van der Waals surface area contributed by atoms with E-state index in [4.69, 9.17) is 9.47 Å². The van der Waals surface area contributed by atoms with Crippen molar-refractivity contribution in [1.29, 1.82) is 0 Å². The second kappa shape index (κ2) is 7.80. The Balaban J connectivity index is 1.93. The zero-order valence-corrected chi connectivity index (χ0v) is 16.0. The maximum absolute atomic E-state index is 13.6. The van der Waals surface area contributed by atoms with Crippen molar-refractivity contribution >= 4 is 27.7 Å². The molecule has 1 atom stereocenters. The second-order valence-electron chi connectivity index (χ2n) is 6.12. The molecule has 144 valence electrons. The molecule has 0 fully saturated rings. The molecule has 0 saturated carbocycles. The van der Waals surface area contributed by atoms with Crippen LogP contribution in [-0.4, -0.2) is 25.4 Å². The summed E-state index contributed by atoms with van der Waals surface area (Å²) in [5, 5.41) is 0. The van der Waals surface area contributed by atoms with Crippen molar-refractivity contribution in [3.05, 3.63) is 58.1 Å². The molecule has 0 saturated heterocycles. The van der Waals surface area contributed by atoms with Crippen LogP contribution in [0.15, 0.2) is 46.9 Å². The van der Waals surface area contributed by atoms with Gasteiger partial charge in [-0.25, -0.2) is 4.79 Å².